The minimum Gasteiger partial charge on any atom is -0.493 e. The molecule has 0 bridgehead atoms. The number of thioether (sulfide) groups is 1. The van der Waals surface area contributed by atoms with Crippen molar-refractivity contribution in [2.75, 3.05) is 13.7 Å². The average Bonchev–Trinajstić information content (AvgIpc) is 2.96. The van der Waals surface area contributed by atoms with Crippen molar-refractivity contribution in [1.29, 1.82) is 0 Å². The lowest BCUT2D eigenvalue weighted by atomic mass is 10.1. The van der Waals surface area contributed by atoms with Crippen molar-refractivity contribution < 1.29 is 19.1 Å². The van der Waals surface area contributed by atoms with Crippen LogP contribution >= 0.6 is 24.0 Å². The lowest BCUT2D eigenvalue weighted by Crippen LogP contribution is -2.44. The molecule has 150 valence electrons. The summed E-state index contributed by atoms with van der Waals surface area (Å²) < 4.78 is 11.1. The van der Waals surface area contributed by atoms with E-state index in [1.165, 1.54) is 0 Å². The molecule has 1 aliphatic heterocycles. The maximum Gasteiger partial charge on any atom is 0.285 e. The van der Waals surface area contributed by atoms with Crippen LogP contribution in [-0.2, 0) is 4.79 Å². The molecule has 3 rings (SSSR count). The first-order valence-corrected chi connectivity index (χ1v) is 10.1. The van der Waals surface area contributed by atoms with Gasteiger partial charge < -0.3 is 9.47 Å². The molecule has 2 aromatic carbocycles. The zero-order valence-electron chi connectivity index (χ0n) is 16.2. The summed E-state index contributed by atoms with van der Waals surface area (Å²) in [5.41, 5.74) is 4.75. The predicted molar refractivity (Wildman–Crippen MR) is 118 cm³/mol. The van der Waals surface area contributed by atoms with Gasteiger partial charge in [0.1, 0.15) is 0 Å². The van der Waals surface area contributed by atoms with E-state index >= 15 is 0 Å². The summed E-state index contributed by atoms with van der Waals surface area (Å²) in [6, 6.07) is 12.5. The van der Waals surface area contributed by atoms with Crippen molar-refractivity contribution in [2.45, 2.75) is 13.8 Å². The summed E-state index contributed by atoms with van der Waals surface area (Å²) in [6.07, 6.45) is 1.70. The van der Waals surface area contributed by atoms with E-state index in [1.807, 2.05) is 26.0 Å². The molecule has 0 saturated carbocycles. The van der Waals surface area contributed by atoms with Crippen molar-refractivity contribution in [3.8, 4) is 11.5 Å². The largest absolute Gasteiger partial charge is 0.493 e. The molecule has 1 heterocycles. The number of methoxy groups -OCH3 is 1. The Labute approximate surface area is 178 Å². The van der Waals surface area contributed by atoms with Crippen molar-refractivity contribution in [3.05, 3.63) is 64.1 Å². The van der Waals surface area contributed by atoms with Crippen LogP contribution in [0.25, 0.3) is 6.08 Å². The van der Waals surface area contributed by atoms with E-state index < -0.39 is 5.91 Å². The van der Waals surface area contributed by atoms with Crippen molar-refractivity contribution in [2.24, 2.45) is 0 Å². The third-order valence-electron chi connectivity index (χ3n) is 4.07. The molecule has 0 radical (unpaired) electrons. The highest BCUT2D eigenvalue weighted by atomic mass is 32.2. The first kappa shape index (κ1) is 20.9. The highest BCUT2D eigenvalue weighted by molar-refractivity contribution is 8.26. The van der Waals surface area contributed by atoms with E-state index in [0.717, 1.165) is 27.9 Å². The summed E-state index contributed by atoms with van der Waals surface area (Å²) in [5.74, 6) is 0.428. The molecule has 1 aliphatic rings. The topological polar surface area (TPSA) is 67.9 Å². The number of carbonyl (C=O) groups is 2. The molecule has 1 N–H and O–H groups in total. The molecule has 0 aliphatic carbocycles. The van der Waals surface area contributed by atoms with Gasteiger partial charge in [0.25, 0.3) is 11.8 Å². The smallest absolute Gasteiger partial charge is 0.285 e. The van der Waals surface area contributed by atoms with Crippen LogP contribution in [0.3, 0.4) is 0 Å². The Hall–Kier alpha value is -2.84. The number of nitrogens with zero attached hydrogens (tertiary/aromatic N) is 1. The van der Waals surface area contributed by atoms with Gasteiger partial charge in [-0.05, 0) is 62.0 Å². The third kappa shape index (κ3) is 4.78. The number of rotatable bonds is 6. The van der Waals surface area contributed by atoms with Gasteiger partial charge >= 0.3 is 0 Å². The van der Waals surface area contributed by atoms with Gasteiger partial charge in [0.15, 0.2) is 15.8 Å². The average molecular weight is 429 g/mol. The van der Waals surface area contributed by atoms with E-state index in [9.17, 15) is 9.59 Å². The van der Waals surface area contributed by atoms with Crippen LogP contribution in [0, 0.1) is 6.92 Å². The van der Waals surface area contributed by atoms with Gasteiger partial charge in [-0.3, -0.25) is 15.0 Å². The lowest BCUT2D eigenvalue weighted by Gasteiger charge is -2.15. The maximum absolute atomic E-state index is 12.8. The quantitative estimate of drug-likeness (QED) is 0.555. The SMILES string of the molecule is CCOc1ccc(/C=C2\SC(=S)N(NC(=O)c3cccc(C)c3)C2=O)cc1OC. The van der Waals surface area contributed by atoms with Crippen molar-refractivity contribution in [1.82, 2.24) is 10.4 Å². The lowest BCUT2D eigenvalue weighted by molar-refractivity contribution is -0.123. The Balaban J connectivity index is 1.78. The van der Waals surface area contributed by atoms with Crippen LogP contribution in [-0.4, -0.2) is 34.9 Å². The number of ether oxygens (including phenoxy) is 2. The fourth-order valence-electron chi connectivity index (χ4n) is 2.72. The predicted octanol–water partition coefficient (Wildman–Crippen LogP) is 3.95. The van der Waals surface area contributed by atoms with Crippen molar-refractivity contribution in [3.63, 3.8) is 0 Å². The van der Waals surface area contributed by atoms with Crippen LogP contribution in [0.1, 0.15) is 28.4 Å². The number of thiocarbonyl (C=S) groups is 1. The Bertz CT molecular complexity index is 1000. The first-order valence-electron chi connectivity index (χ1n) is 8.89. The van der Waals surface area contributed by atoms with Gasteiger partial charge in [-0.1, -0.05) is 35.5 Å². The van der Waals surface area contributed by atoms with Crippen molar-refractivity contribution >= 4 is 46.2 Å². The summed E-state index contributed by atoms with van der Waals surface area (Å²) in [5, 5.41) is 1.10. The number of carbonyl (C=O) groups excluding carboxylic acids is 2. The number of hydrogen-bond donors (Lipinski definition) is 1. The minimum absolute atomic E-state index is 0.264. The van der Waals surface area contributed by atoms with Gasteiger partial charge in [0.2, 0.25) is 0 Å². The zero-order chi connectivity index (χ0) is 21.0. The van der Waals surface area contributed by atoms with Crippen LogP contribution in [0.5, 0.6) is 11.5 Å². The van der Waals surface area contributed by atoms with E-state index in [0.29, 0.717) is 28.6 Å². The Morgan fingerprint density at radius 3 is 2.72 bits per heavy atom. The molecule has 2 aromatic rings. The van der Waals surface area contributed by atoms with E-state index in [2.05, 4.69) is 5.43 Å². The number of nitrogens with one attached hydrogen (secondary N) is 1. The third-order valence-corrected chi connectivity index (χ3v) is 5.37. The number of amides is 2. The highest BCUT2D eigenvalue weighted by Crippen LogP contribution is 2.34. The van der Waals surface area contributed by atoms with E-state index in [4.69, 9.17) is 21.7 Å². The monoisotopic (exact) mass is 428 g/mol. The Morgan fingerprint density at radius 1 is 1.24 bits per heavy atom. The molecule has 1 saturated heterocycles. The normalized spacial score (nSPS) is 15.0. The molecule has 8 heteroatoms. The number of hydrazine groups is 1. The highest BCUT2D eigenvalue weighted by Gasteiger charge is 2.33. The molecule has 0 unspecified atom stereocenters. The van der Waals surface area contributed by atoms with E-state index in [-0.39, 0.29) is 10.2 Å². The second-order valence-electron chi connectivity index (χ2n) is 6.17. The second-order valence-corrected chi connectivity index (χ2v) is 7.85. The van der Waals surface area contributed by atoms with Gasteiger partial charge in [0.05, 0.1) is 18.6 Å². The van der Waals surface area contributed by atoms with Crippen LogP contribution < -0.4 is 14.9 Å². The minimum atomic E-state index is -0.394. The molecule has 0 atom stereocenters. The molecule has 2 amide bonds. The fourth-order valence-corrected chi connectivity index (χ4v) is 3.90. The van der Waals surface area contributed by atoms with Gasteiger partial charge in [-0.25, -0.2) is 0 Å². The number of benzene rings is 2. The molecule has 0 spiro atoms. The van der Waals surface area contributed by atoms with E-state index in [1.54, 1.807) is 43.5 Å². The van der Waals surface area contributed by atoms with Gasteiger partial charge in [0, 0.05) is 5.56 Å². The molecule has 0 aromatic heterocycles. The summed E-state index contributed by atoms with van der Waals surface area (Å²) in [7, 11) is 1.56. The summed E-state index contributed by atoms with van der Waals surface area (Å²) in [6.45, 7) is 4.31. The number of aryl methyl sites for hydroxylation is 1. The summed E-state index contributed by atoms with van der Waals surface area (Å²) >= 11 is 6.40. The van der Waals surface area contributed by atoms with Gasteiger partial charge in [-0.2, -0.15) is 5.01 Å². The van der Waals surface area contributed by atoms with Crippen LogP contribution in [0.15, 0.2) is 47.4 Å². The Morgan fingerprint density at radius 2 is 2.03 bits per heavy atom. The standard InChI is InChI=1S/C21H20N2O4S2/c1-4-27-16-9-8-14(11-17(16)26-3)12-18-20(25)23(21(28)29-18)22-19(24)15-7-5-6-13(2)10-15/h5-12H,4H2,1-3H3,(H,22,24)/b18-12-. The molecular formula is C21H20N2O4S2. The van der Waals surface area contributed by atoms with Crippen LogP contribution in [0.2, 0.25) is 0 Å². The molecular weight excluding hydrogens is 408 g/mol. The second kappa shape index (κ2) is 9.11. The first-order chi connectivity index (χ1) is 13.9. The summed E-state index contributed by atoms with van der Waals surface area (Å²) in [4.78, 5) is 25.6. The fraction of sp³-hybridized carbons (Fsp3) is 0.190. The van der Waals surface area contributed by atoms with Crippen LogP contribution in [0.4, 0.5) is 0 Å². The molecule has 6 nitrogen and oxygen atoms in total. The zero-order valence-corrected chi connectivity index (χ0v) is 17.9. The molecule has 1 fully saturated rings. The Kier molecular flexibility index (Phi) is 6.56. The van der Waals surface area contributed by atoms with Gasteiger partial charge in [-0.15, -0.1) is 0 Å². The molecule has 29 heavy (non-hydrogen) atoms. The maximum atomic E-state index is 12.8. The number of hydrogen-bond acceptors (Lipinski definition) is 6.